The van der Waals surface area contributed by atoms with Crippen LogP contribution < -0.4 is 19.6 Å². The van der Waals surface area contributed by atoms with Crippen molar-refractivity contribution in [1.82, 2.24) is 9.13 Å². The molecule has 10 heteroatoms. The van der Waals surface area contributed by atoms with E-state index in [1.54, 1.807) is 30.5 Å². The summed E-state index contributed by atoms with van der Waals surface area (Å²) in [7, 11) is 0. The summed E-state index contributed by atoms with van der Waals surface area (Å²) in [6, 6.07) is 14.1. The lowest BCUT2D eigenvalue weighted by Crippen LogP contribution is -2.39. The van der Waals surface area contributed by atoms with E-state index >= 15 is 0 Å². The van der Waals surface area contributed by atoms with Crippen LogP contribution >= 0.6 is 34.5 Å². The number of hydrogen-bond acceptors (Lipinski definition) is 6. The number of rotatable bonds is 7. The summed E-state index contributed by atoms with van der Waals surface area (Å²) in [6.07, 6.45) is 1.87. The van der Waals surface area contributed by atoms with E-state index in [0.29, 0.717) is 43.0 Å². The Hall–Kier alpha value is -3.59. The molecule has 0 N–H and O–H groups in total. The van der Waals surface area contributed by atoms with E-state index in [0.717, 1.165) is 28.2 Å². The average molecular weight is 611 g/mol. The number of carbonyl (C=O) groups is 1. The molecule has 1 aliphatic heterocycles. The van der Waals surface area contributed by atoms with Crippen molar-refractivity contribution >= 4 is 46.6 Å². The van der Waals surface area contributed by atoms with Crippen LogP contribution in [0.25, 0.3) is 11.8 Å². The maximum atomic E-state index is 14.0. The summed E-state index contributed by atoms with van der Waals surface area (Å²) >= 11 is 13.9. The van der Waals surface area contributed by atoms with E-state index in [9.17, 15) is 9.59 Å². The number of esters is 1. The first kappa shape index (κ1) is 28.9. The fraction of sp³-hybridized carbons (Fsp3) is 0.258. The van der Waals surface area contributed by atoms with Gasteiger partial charge in [-0.25, -0.2) is 9.79 Å². The molecule has 0 fully saturated rings. The smallest absolute Gasteiger partial charge is 0.338 e. The fourth-order valence-electron chi connectivity index (χ4n) is 5.13. The molecule has 0 aliphatic carbocycles. The first-order valence-corrected chi connectivity index (χ1v) is 14.8. The molecule has 4 aromatic rings. The summed E-state index contributed by atoms with van der Waals surface area (Å²) < 4.78 is 15.1. The Labute approximate surface area is 251 Å². The van der Waals surface area contributed by atoms with Gasteiger partial charge in [-0.1, -0.05) is 46.7 Å². The monoisotopic (exact) mass is 609 g/mol. The number of nitrogens with zero attached hydrogens (tertiary/aromatic N) is 3. The molecule has 2 aromatic carbocycles. The maximum Gasteiger partial charge on any atom is 0.338 e. The van der Waals surface area contributed by atoms with Crippen LogP contribution in [0, 0.1) is 13.8 Å². The van der Waals surface area contributed by atoms with Crippen LogP contribution in [0.15, 0.2) is 69.6 Å². The van der Waals surface area contributed by atoms with Crippen LogP contribution in [-0.4, -0.2) is 28.3 Å². The van der Waals surface area contributed by atoms with Gasteiger partial charge in [0.05, 0.1) is 45.8 Å². The molecule has 0 radical (unpaired) electrons. The SMILES string of the molecule is CCOC(=O)C1=C(C)N=c2s/c(=C\c3cc(C)n(-c4ccc(Cl)cc4Cl)c3C)c(=O)n2[C@@H]1c1ccc(OCC)cc1. The molecule has 0 spiro atoms. The number of thiazole rings is 1. The van der Waals surface area contributed by atoms with Crippen molar-refractivity contribution in [3.05, 3.63) is 112 Å². The van der Waals surface area contributed by atoms with Crippen LogP contribution in [0.2, 0.25) is 10.0 Å². The second-order valence-electron chi connectivity index (χ2n) is 9.56. The summed E-state index contributed by atoms with van der Waals surface area (Å²) in [4.78, 5) is 32.3. The first-order valence-electron chi connectivity index (χ1n) is 13.2. The number of aromatic nitrogens is 2. The van der Waals surface area contributed by atoms with Crippen LogP contribution in [0.4, 0.5) is 0 Å². The molecule has 0 unspecified atom stereocenters. The van der Waals surface area contributed by atoms with Gasteiger partial charge in [0.2, 0.25) is 0 Å². The van der Waals surface area contributed by atoms with Gasteiger partial charge in [-0.05, 0) is 88.2 Å². The van der Waals surface area contributed by atoms with Crippen LogP contribution in [-0.2, 0) is 9.53 Å². The summed E-state index contributed by atoms with van der Waals surface area (Å²) in [5.74, 6) is 0.212. The zero-order valence-electron chi connectivity index (χ0n) is 23.3. The number of ether oxygens (including phenoxy) is 2. The fourth-order valence-corrected chi connectivity index (χ4v) is 6.66. The molecule has 5 rings (SSSR count). The average Bonchev–Trinajstić information content (AvgIpc) is 3.38. The van der Waals surface area contributed by atoms with Crippen molar-refractivity contribution in [3.8, 4) is 11.4 Å². The number of allylic oxidation sites excluding steroid dienone is 1. The molecular weight excluding hydrogens is 581 g/mol. The van der Waals surface area contributed by atoms with Crippen LogP contribution in [0.1, 0.15) is 49.3 Å². The number of halogens is 2. The van der Waals surface area contributed by atoms with Crippen molar-refractivity contribution in [3.63, 3.8) is 0 Å². The third-order valence-corrected chi connectivity index (χ3v) is 8.45. The molecule has 1 atom stereocenters. The zero-order chi connectivity index (χ0) is 29.4. The Morgan fingerprint density at radius 3 is 2.44 bits per heavy atom. The molecule has 0 amide bonds. The van der Waals surface area contributed by atoms with Crippen molar-refractivity contribution in [2.45, 2.75) is 40.7 Å². The topological polar surface area (TPSA) is 74.8 Å². The normalized spacial score (nSPS) is 15.1. The minimum Gasteiger partial charge on any atom is -0.494 e. The number of hydrogen-bond donors (Lipinski definition) is 0. The molecule has 41 heavy (non-hydrogen) atoms. The Kier molecular flexibility index (Phi) is 8.27. The van der Waals surface area contributed by atoms with Gasteiger partial charge in [0, 0.05) is 16.4 Å². The first-order chi connectivity index (χ1) is 19.6. The van der Waals surface area contributed by atoms with E-state index in [2.05, 4.69) is 4.99 Å². The quantitative estimate of drug-likeness (QED) is 0.244. The molecule has 3 heterocycles. The van der Waals surface area contributed by atoms with Crippen molar-refractivity contribution < 1.29 is 14.3 Å². The Morgan fingerprint density at radius 2 is 1.78 bits per heavy atom. The number of aryl methyl sites for hydroxylation is 1. The highest BCUT2D eigenvalue weighted by atomic mass is 35.5. The third kappa shape index (κ3) is 5.39. The summed E-state index contributed by atoms with van der Waals surface area (Å²) in [6.45, 7) is 10.1. The van der Waals surface area contributed by atoms with E-state index in [-0.39, 0.29) is 12.2 Å². The predicted octanol–water partition coefficient (Wildman–Crippen LogP) is 5.91. The van der Waals surface area contributed by atoms with E-state index < -0.39 is 12.0 Å². The minimum absolute atomic E-state index is 0.212. The van der Waals surface area contributed by atoms with Gasteiger partial charge in [-0.15, -0.1) is 0 Å². The van der Waals surface area contributed by atoms with E-state index in [4.69, 9.17) is 32.7 Å². The molecule has 7 nitrogen and oxygen atoms in total. The molecule has 0 saturated heterocycles. The van der Waals surface area contributed by atoms with Gasteiger partial charge in [0.15, 0.2) is 4.80 Å². The van der Waals surface area contributed by atoms with Gasteiger partial charge in [0.1, 0.15) is 5.75 Å². The molecule has 212 valence electrons. The minimum atomic E-state index is -0.691. The maximum absolute atomic E-state index is 14.0. The van der Waals surface area contributed by atoms with E-state index in [1.807, 2.05) is 67.8 Å². The van der Waals surface area contributed by atoms with Crippen molar-refractivity contribution in [2.75, 3.05) is 13.2 Å². The lowest BCUT2D eigenvalue weighted by molar-refractivity contribution is -0.139. The highest BCUT2D eigenvalue weighted by Gasteiger charge is 2.33. The molecule has 0 bridgehead atoms. The lowest BCUT2D eigenvalue weighted by Gasteiger charge is -2.24. The zero-order valence-corrected chi connectivity index (χ0v) is 25.7. The summed E-state index contributed by atoms with van der Waals surface area (Å²) in [5, 5.41) is 1.09. The third-order valence-electron chi connectivity index (χ3n) is 6.93. The van der Waals surface area contributed by atoms with Crippen molar-refractivity contribution in [1.29, 1.82) is 0 Å². The van der Waals surface area contributed by atoms with Gasteiger partial charge in [-0.3, -0.25) is 9.36 Å². The molecule has 1 aliphatic rings. The van der Waals surface area contributed by atoms with Gasteiger partial charge < -0.3 is 14.0 Å². The molecule has 0 saturated carbocycles. The summed E-state index contributed by atoms with van der Waals surface area (Å²) in [5.41, 5.74) is 4.93. The highest BCUT2D eigenvalue weighted by molar-refractivity contribution is 7.07. The number of benzene rings is 2. The van der Waals surface area contributed by atoms with Crippen LogP contribution in [0.5, 0.6) is 5.75 Å². The van der Waals surface area contributed by atoms with Crippen LogP contribution in [0.3, 0.4) is 0 Å². The van der Waals surface area contributed by atoms with Gasteiger partial charge in [0.25, 0.3) is 5.56 Å². The van der Waals surface area contributed by atoms with E-state index in [1.165, 1.54) is 11.3 Å². The molecular formula is C31H29Cl2N3O4S. The van der Waals surface area contributed by atoms with Gasteiger partial charge in [-0.2, -0.15) is 0 Å². The second kappa shape index (κ2) is 11.7. The Morgan fingerprint density at radius 1 is 1.05 bits per heavy atom. The Balaban J connectivity index is 1.67. The lowest BCUT2D eigenvalue weighted by atomic mass is 9.96. The highest BCUT2D eigenvalue weighted by Crippen LogP contribution is 2.32. The largest absolute Gasteiger partial charge is 0.494 e. The number of fused-ring (bicyclic) bond motifs is 1. The van der Waals surface area contributed by atoms with Crippen molar-refractivity contribution in [2.24, 2.45) is 4.99 Å². The molecule has 2 aromatic heterocycles. The standard InChI is InChI=1S/C31H29Cl2N3O4S/c1-6-39-23-11-8-20(9-12-23)28-27(30(38)40-7-2)18(4)34-31-36(28)29(37)26(41-31)15-21-14-17(3)35(19(21)5)25-13-10-22(32)16-24(25)33/h8-16,28H,6-7H2,1-5H3/b26-15-/t28-/m1/s1. The Bertz CT molecular complexity index is 1870. The van der Waals surface area contributed by atoms with Gasteiger partial charge >= 0.3 is 5.97 Å². The second-order valence-corrected chi connectivity index (χ2v) is 11.4. The predicted molar refractivity (Wildman–Crippen MR) is 163 cm³/mol. The number of carbonyl (C=O) groups excluding carboxylic acids is 1.